The Morgan fingerprint density at radius 3 is 2.30 bits per heavy atom. The predicted octanol–water partition coefficient (Wildman–Crippen LogP) is 5.51. The van der Waals surface area contributed by atoms with Crippen molar-refractivity contribution in [3.05, 3.63) is 35.5 Å². The molecule has 1 aliphatic heterocycles. The molecular weight excluding hydrogens is 485 g/mol. The molecule has 2 atom stereocenters. The van der Waals surface area contributed by atoms with Gasteiger partial charge in [-0.15, -0.1) is 0 Å². The van der Waals surface area contributed by atoms with Gasteiger partial charge in [0.25, 0.3) is 5.91 Å². The highest BCUT2D eigenvalue weighted by molar-refractivity contribution is 5.93. The monoisotopic (exact) mass is 518 g/mol. The Labute approximate surface area is 214 Å². The molecule has 5 aliphatic rings. The molecule has 1 aromatic carbocycles. The molecule has 4 aliphatic carbocycles. The second kappa shape index (κ2) is 8.84. The fourth-order valence-electron chi connectivity index (χ4n) is 7.84. The lowest BCUT2D eigenvalue weighted by Crippen LogP contribution is -2.51. The molecule has 10 heteroatoms. The van der Waals surface area contributed by atoms with E-state index in [1.54, 1.807) is 18.2 Å². The lowest BCUT2D eigenvalue weighted by molar-refractivity contribution is -0.173. The molecule has 2 aromatic rings. The Morgan fingerprint density at radius 1 is 1.05 bits per heavy atom. The number of alkyl halides is 3. The first-order valence-electron chi connectivity index (χ1n) is 13.1. The van der Waals surface area contributed by atoms with E-state index in [4.69, 9.17) is 9.47 Å². The van der Waals surface area contributed by atoms with Crippen LogP contribution >= 0.6 is 0 Å². The molecule has 0 saturated heterocycles. The quantitative estimate of drug-likeness (QED) is 0.528. The SMILES string of the molecule is COc1ccc(C2CC(C(F)(F)F)n3nc(C(=O)NCC45CC6CC(CC(C6)C4)C5)cc3N2)cc1OC. The van der Waals surface area contributed by atoms with Gasteiger partial charge in [-0.05, 0) is 79.4 Å². The molecule has 0 spiro atoms. The highest BCUT2D eigenvalue weighted by Gasteiger charge is 2.51. The summed E-state index contributed by atoms with van der Waals surface area (Å²) in [6.07, 6.45) is 2.58. The lowest BCUT2D eigenvalue weighted by Gasteiger charge is -2.56. The van der Waals surface area contributed by atoms with Gasteiger partial charge in [0.1, 0.15) is 5.82 Å². The minimum atomic E-state index is -4.52. The van der Waals surface area contributed by atoms with E-state index in [1.165, 1.54) is 39.5 Å². The van der Waals surface area contributed by atoms with E-state index in [1.807, 2.05) is 0 Å². The van der Waals surface area contributed by atoms with Gasteiger partial charge in [-0.3, -0.25) is 4.79 Å². The number of nitrogens with one attached hydrogen (secondary N) is 2. The van der Waals surface area contributed by atoms with E-state index in [-0.39, 0.29) is 23.3 Å². The number of hydrogen-bond acceptors (Lipinski definition) is 5. The summed E-state index contributed by atoms with van der Waals surface area (Å²) in [6.45, 7) is 0.571. The number of anilines is 1. The van der Waals surface area contributed by atoms with Crippen LogP contribution in [0.3, 0.4) is 0 Å². The van der Waals surface area contributed by atoms with Gasteiger partial charge in [0.2, 0.25) is 0 Å². The van der Waals surface area contributed by atoms with E-state index in [0.29, 0.717) is 23.6 Å². The molecule has 2 unspecified atom stereocenters. The maximum absolute atomic E-state index is 14.1. The van der Waals surface area contributed by atoms with Crippen molar-refractivity contribution in [1.82, 2.24) is 15.1 Å². The standard InChI is InChI=1S/C27H33F3N4O3/c1-36-21-4-3-18(8-22(21)37-2)19-9-23(27(28,29)30)34-24(32-19)10-20(33-34)25(35)31-14-26-11-15-5-16(12-26)7-17(6-15)13-26/h3-4,8,10,15-17,19,23,32H,5-7,9,11-14H2,1-2H3,(H,31,35). The van der Waals surface area contributed by atoms with Crippen LogP contribution in [0.2, 0.25) is 0 Å². The van der Waals surface area contributed by atoms with Gasteiger partial charge in [0.15, 0.2) is 23.2 Å². The lowest BCUT2D eigenvalue weighted by atomic mass is 9.49. The van der Waals surface area contributed by atoms with Crippen LogP contribution in [0.1, 0.15) is 73.1 Å². The predicted molar refractivity (Wildman–Crippen MR) is 131 cm³/mol. The third-order valence-corrected chi connectivity index (χ3v) is 9.02. The number of methoxy groups -OCH3 is 2. The molecule has 4 fully saturated rings. The first-order valence-corrected chi connectivity index (χ1v) is 13.1. The average Bonchev–Trinajstić information content (AvgIpc) is 3.29. The Kier molecular flexibility index (Phi) is 5.84. The summed E-state index contributed by atoms with van der Waals surface area (Å²) in [5.41, 5.74) is 0.774. The van der Waals surface area contributed by atoms with Crippen LogP contribution in [0.25, 0.3) is 0 Å². The fraction of sp³-hybridized carbons (Fsp3) is 0.630. The van der Waals surface area contributed by atoms with E-state index in [9.17, 15) is 18.0 Å². The minimum absolute atomic E-state index is 0.00874. The zero-order valence-electron chi connectivity index (χ0n) is 21.1. The highest BCUT2D eigenvalue weighted by Crippen LogP contribution is 2.59. The Bertz CT molecular complexity index is 1160. The zero-order valence-corrected chi connectivity index (χ0v) is 21.1. The van der Waals surface area contributed by atoms with E-state index in [0.717, 1.165) is 41.7 Å². The maximum atomic E-state index is 14.1. The Hall–Kier alpha value is -2.91. The van der Waals surface area contributed by atoms with Gasteiger partial charge < -0.3 is 20.1 Å². The summed E-state index contributed by atoms with van der Waals surface area (Å²) < 4.78 is 53.9. The average molecular weight is 519 g/mol. The van der Waals surface area contributed by atoms with Gasteiger partial charge in [0.05, 0.1) is 20.3 Å². The zero-order chi connectivity index (χ0) is 25.9. The van der Waals surface area contributed by atoms with Crippen LogP contribution in [-0.4, -0.2) is 42.6 Å². The number of amides is 1. The van der Waals surface area contributed by atoms with Gasteiger partial charge in [-0.1, -0.05) is 6.07 Å². The Balaban J connectivity index is 1.22. The second-order valence-corrected chi connectivity index (χ2v) is 11.6. The van der Waals surface area contributed by atoms with Crippen molar-refractivity contribution in [2.45, 2.75) is 63.2 Å². The molecule has 4 bridgehead atoms. The third-order valence-electron chi connectivity index (χ3n) is 9.02. The molecule has 200 valence electrons. The summed E-state index contributed by atoms with van der Waals surface area (Å²) in [5, 5.41) is 10.3. The summed E-state index contributed by atoms with van der Waals surface area (Å²) in [4.78, 5) is 13.1. The number of fused-ring (bicyclic) bond motifs is 1. The molecule has 37 heavy (non-hydrogen) atoms. The first-order chi connectivity index (χ1) is 17.7. The van der Waals surface area contributed by atoms with Crippen LogP contribution in [-0.2, 0) is 0 Å². The fourth-order valence-corrected chi connectivity index (χ4v) is 7.84. The van der Waals surface area contributed by atoms with Crippen molar-refractivity contribution in [3.63, 3.8) is 0 Å². The molecule has 1 aromatic heterocycles. The molecule has 1 amide bonds. The number of rotatable bonds is 6. The number of halogens is 3. The van der Waals surface area contributed by atoms with Crippen LogP contribution in [0.4, 0.5) is 19.0 Å². The number of ether oxygens (including phenoxy) is 2. The summed E-state index contributed by atoms with van der Waals surface area (Å²) >= 11 is 0. The van der Waals surface area contributed by atoms with Crippen molar-refractivity contribution in [2.24, 2.45) is 23.2 Å². The highest BCUT2D eigenvalue weighted by atomic mass is 19.4. The van der Waals surface area contributed by atoms with Crippen molar-refractivity contribution >= 4 is 11.7 Å². The normalized spacial score (nSPS) is 32.0. The number of aromatic nitrogens is 2. The minimum Gasteiger partial charge on any atom is -0.493 e. The van der Waals surface area contributed by atoms with Crippen LogP contribution in [0.5, 0.6) is 11.5 Å². The van der Waals surface area contributed by atoms with Crippen molar-refractivity contribution in [2.75, 3.05) is 26.1 Å². The molecule has 4 saturated carbocycles. The maximum Gasteiger partial charge on any atom is 0.410 e. The van der Waals surface area contributed by atoms with Crippen molar-refractivity contribution in [1.29, 1.82) is 0 Å². The van der Waals surface area contributed by atoms with Gasteiger partial charge >= 0.3 is 6.18 Å². The summed E-state index contributed by atoms with van der Waals surface area (Å²) in [7, 11) is 2.99. The number of benzene rings is 1. The second-order valence-electron chi connectivity index (χ2n) is 11.6. The van der Waals surface area contributed by atoms with Crippen LogP contribution in [0, 0.1) is 23.2 Å². The summed E-state index contributed by atoms with van der Waals surface area (Å²) in [6, 6.07) is 4.01. The molecule has 7 rings (SSSR count). The van der Waals surface area contributed by atoms with Crippen molar-refractivity contribution in [3.8, 4) is 11.5 Å². The van der Waals surface area contributed by atoms with Gasteiger partial charge in [0, 0.05) is 19.0 Å². The van der Waals surface area contributed by atoms with Crippen LogP contribution in [0.15, 0.2) is 24.3 Å². The molecule has 2 N–H and O–H groups in total. The van der Waals surface area contributed by atoms with E-state index in [2.05, 4.69) is 15.7 Å². The summed E-state index contributed by atoms with van der Waals surface area (Å²) in [5.74, 6) is 2.97. The van der Waals surface area contributed by atoms with E-state index >= 15 is 0 Å². The number of carbonyl (C=O) groups excluding carboxylic acids is 1. The molecule has 2 heterocycles. The Morgan fingerprint density at radius 2 is 1.70 bits per heavy atom. The number of carbonyl (C=O) groups is 1. The molecular formula is C27H33F3N4O3. The topological polar surface area (TPSA) is 77.4 Å². The molecule has 7 nitrogen and oxygen atoms in total. The first kappa shape index (κ1) is 24.4. The van der Waals surface area contributed by atoms with Gasteiger partial charge in [-0.2, -0.15) is 18.3 Å². The largest absolute Gasteiger partial charge is 0.493 e. The van der Waals surface area contributed by atoms with E-state index < -0.39 is 24.2 Å². The molecule has 0 radical (unpaired) electrons. The number of hydrogen-bond donors (Lipinski definition) is 2. The third kappa shape index (κ3) is 4.42. The van der Waals surface area contributed by atoms with Crippen LogP contribution < -0.4 is 20.1 Å². The smallest absolute Gasteiger partial charge is 0.410 e. The van der Waals surface area contributed by atoms with Gasteiger partial charge in [-0.25, -0.2) is 4.68 Å². The van der Waals surface area contributed by atoms with Crippen molar-refractivity contribution < 1.29 is 27.4 Å². The number of nitrogens with zero attached hydrogens (tertiary/aromatic N) is 2.